The van der Waals surface area contributed by atoms with Gasteiger partial charge < -0.3 is 15.1 Å². The Bertz CT molecular complexity index is 918. The third-order valence-corrected chi connectivity index (χ3v) is 6.22. The van der Waals surface area contributed by atoms with Gasteiger partial charge in [-0.2, -0.15) is 0 Å². The Morgan fingerprint density at radius 2 is 1.69 bits per heavy atom. The molecule has 1 unspecified atom stereocenters. The van der Waals surface area contributed by atoms with Crippen molar-refractivity contribution in [1.29, 1.82) is 0 Å². The van der Waals surface area contributed by atoms with Gasteiger partial charge in [-0.1, -0.05) is 24.3 Å². The zero-order chi connectivity index (χ0) is 20.4. The SMILES string of the molecule is Cc1cccc(N2CC(C(=O)Nc3ccccc3N3CCCCC3)CC2=O)c1C. The van der Waals surface area contributed by atoms with E-state index in [0.717, 1.165) is 41.3 Å². The fourth-order valence-electron chi connectivity index (χ4n) is 4.37. The molecule has 2 aromatic carbocycles. The van der Waals surface area contributed by atoms with Crippen LogP contribution in [-0.2, 0) is 9.59 Å². The zero-order valence-corrected chi connectivity index (χ0v) is 17.3. The number of carbonyl (C=O) groups is 2. The molecular weight excluding hydrogens is 362 g/mol. The number of hydrogen-bond acceptors (Lipinski definition) is 3. The highest BCUT2D eigenvalue weighted by Gasteiger charge is 2.36. The fraction of sp³-hybridized carbons (Fsp3) is 0.417. The number of rotatable bonds is 4. The van der Waals surface area contributed by atoms with E-state index >= 15 is 0 Å². The molecular formula is C24H29N3O2. The van der Waals surface area contributed by atoms with E-state index in [1.165, 1.54) is 19.3 Å². The van der Waals surface area contributed by atoms with Crippen molar-refractivity contribution in [3.8, 4) is 0 Å². The molecule has 0 saturated carbocycles. The molecule has 0 radical (unpaired) electrons. The zero-order valence-electron chi connectivity index (χ0n) is 17.3. The Morgan fingerprint density at radius 3 is 2.48 bits per heavy atom. The Morgan fingerprint density at radius 1 is 0.966 bits per heavy atom. The maximum absolute atomic E-state index is 13.0. The second-order valence-electron chi connectivity index (χ2n) is 8.18. The summed E-state index contributed by atoms with van der Waals surface area (Å²) >= 11 is 0. The summed E-state index contributed by atoms with van der Waals surface area (Å²) in [6.07, 6.45) is 3.89. The van der Waals surface area contributed by atoms with Gasteiger partial charge in [0.1, 0.15) is 0 Å². The topological polar surface area (TPSA) is 52.7 Å². The minimum Gasteiger partial charge on any atom is -0.370 e. The Balaban J connectivity index is 1.49. The van der Waals surface area contributed by atoms with Gasteiger partial charge in [0.05, 0.1) is 17.3 Å². The Kier molecular flexibility index (Phi) is 5.56. The van der Waals surface area contributed by atoms with Crippen molar-refractivity contribution in [1.82, 2.24) is 0 Å². The van der Waals surface area contributed by atoms with Crippen LogP contribution in [0.1, 0.15) is 36.8 Å². The van der Waals surface area contributed by atoms with Crippen molar-refractivity contribution in [3.63, 3.8) is 0 Å². The first-order valence-corrected chi connectivity index (χ1v) is 10.6. The molecule has 29 heavy (non-hydrogen) atoms. The molecule has 2 aliphatic heterocycles. The highest BCUT2D eigenvalue weighted by atomic mass is 16.2. The van der Waals surface area contributed by atoms with Gasteiger partial charge in [0, 0.05) is 31.7 Å². The predicted molar refractivity (Wildman–Crippen MR) is 118 cm³/mol. The van der Waals surface area contributed by atoms with E-state index < -0.39 is 0 Å². The van der Waals surface area contributed by atoms with Crippen LogP contribution in [0, 0.1) is 19.8 Å². The van der Waals surface area contributed by atoms with Gasteiger partial charge in [-0.15, -0.1) is 0 Å². The van der Waals surface area contributed by atoms with E-state index in [1.54, 1.807) is 4.90 Å². The largest absolute Gasteiger partial charge is 0.370 e. The van der Waals surface area contributed by atoms with Gasteiger partial charge in [0.25, 0.3) is 0 Å². The lowest BCUT2D eigenvalue weighted by Crippen LogP contribution is -2.32. The summed E-state index contributed by atoms with van der Waals surface area (Å²) in [5.41, 5.74) is 5.09. The summed E-state index contributed by atoms with van der Waals surface area (Å²) in [5.74, 6) is -0.393. The van der Waals surface area contributed by atoms with Crippen LogP contribution in [0.25, 0.3) is 0 Å². The first-order valence-electron chi connectivity index (χ1n) is 10.6. The maximum atomic E-state index is 13.0. The predicted octanol–water partition coefficient (Wildman–Crippen LogP) is 4.29. The first-order chi connectivity index (χ1) is 14.0. The number of para-hydroxylation sites is 2. The number of hydrogen-bond donors (Lipinski definition) is 1. The molecule has 0 aliphatic carbocycles. The summed E-state index contributed by atoms with van der Waals surface area (Å²) < 4.78 is 0. The van der Waals surface area contributed by atoms with Crippen LogP contribution in [0.4, 0.5) is 17.1 Å². The minimum absolute atomic E-state index is 0.0168. The minimum atomic E-state index is -0.336. The smallest absolute Gasteiger partial charge is 0.229 e. The van der Waals surface area contributed by atoms with Crippen LogP contribution >= 0.6 is 0 Å². The molecule has 5 nitrogen and oxygen atoms in total. The highest BCUT2D eigenvalue weighted by molar-refractivity contribution is 6.04. The summed E-state index contributed by atoms with van der Waals surface area (Å²) in [4.78, 5) is 29.8. The normalized spacial score (nSPS) is 19.5. The summed E-state index contributed by atoms with van der Waals surface area (Å²) in [6, 6.07) is 14.0. The third-order valence-electron chi connectivity index (χ3n) is 6.22. The molecule has 2 saturated heterocycles. The van der Waals surface area contributed by atoms with Crippen molar-refractivity contribution in [2.45, 2.75) is 39.5 Å². The third kappa shape index (κ3) is 4.00. The number of nitrogens with one attached hydrogen (secondary N) is 1. The van der Waals surface area contributed by atoms with Crippen molar-refractivity contribution >= 4 is 28.9 Å². The molecule has 2 heterocycles. The Labute approximate surface area is 172 Å². The van der Waals surface area contributed by atoms with Crippen LogP contribution in [0.15, 0.2) is 42.5 Å². The lowest BCUT2D eigenvalue weighted by Gasteiger charge is -2.30. The molecule has 1 N–H and O–H groups in total. The maximum Gasteiger partial charge on any atom is 0.229 e. The molecule has 4 rings (SSSR count). The van der Waals surface area contributed by atoms with Crippen molar-refractivity contribution in [3.05, 3.63) is 53.6 Å². The summed E-state index contributed by atoms with van der Waals surface area (Å²) in [7, 11) is 0. The van der Waals surface area contributed by atoms with Crippen molar-refractivity contribution in [2.24, 2.45) is 5.92 Å². The van der Waals surface area contributed by atoms with Crippen LogP contribution < -0.4 is 15.1 Å². The monoisotopic (exact) mass is 391 g/mol. The lowest BCUT2D eigenvalue weighted by atomic mass is 10.1. The number of piperidine rings is 1. The van der Waals surface area contributed by atoms with E-state index in [9.17, 15) is 9.59 Å². The molecule has 2 aliphatic rings. The summed E-state index contributed by atoms with van der Waals surface area (Å²) in [5, 5.41) is 3.11. The molecule has 0 spiro atoms. The molecule has 2 amide bonds. The number of aryl methyl sites for hydroxylation is 1. The van der Waals surface area contributed by atoms with Crippen LogP contribution in [0.3, 0.4) is 0 Å². The van der Waals surface area contributed by atoms with Gasteiger partial charge in [-0.25, -0.2) is 0 Å². The van der Waals surface area contributed by atoms with Gasteiger partial charge in [-0.05, 0) is 62.4 Å². The number of amides is 2. The average molecular weight is 392 g/mol. The lowest BCUT2D eigenvalue weighted by molar-refractivity contribution is -0.122. The number of nitrogens with zero attached hydrogens (tertiary/aromatic N) is 2. The Hall–Kier alpha value is -2.82. The molecule has 5 heteroatoms. The molecule has 152 valence electrons. The molecule has 2 fully saturated rings. The van der Waals surface area contributed by atoms with Crippen molar-refractivity contribution < 1.29 is 9.59 Å². The fourth-order valence-corrected chi connectivity index (χ4v) is 4.37. The molecule has 2 aromatic rings. The van der Waals surface area contributed by atoms with Crippen molar-refractivity contribution in [2.75, 3.05) is 34.8 Å². The summed E-state index contributed by atoms with van der Waals surface area (Å²) in [6.45, 7) is 6.55. The standard InChI is InChI=1S/C24H29N3O2/c1-17-9-8-12-21(18(17)2)27-16-19(15-23(27)28)24(29)25-20-10-4-5-11-22(20)26-13-6-3-7-14-26/h4-5,8-12,19H,3,6-7,13-16H2,1-2H3,(H,25,29). The number of anilines is 3. The molecule has 0 aromatic heterocycles. The van der Waals surface area contributed by atoms with E-state index in [2.05, 4.69) is 16.3 Å². The van der Waals surface area contributed by atoms with Gasteiger partial charge in [0.15, 0.2) is 0 Å². The van der Waals surface area contributed by atoms with E-state index in [1.807, 2.05) is 50.2 Å². The van der Waals surface area contributed by atoms with E-state index in [-0.39, 0.29) is 24.2 Å². The van der Waals surface area contributed by atoms with Crippen LogP contribution in [0.2, 0.25) is 0 Å². The second-order valence-corrected chi connectivity index (χ2v) is 8.18. The first kappa shape index (κ1) is 19.5. The second kappa shape index (κ2) is 8.27. The number of benzene rings is 2. The average Bonchev–Trinajstić information content (AvgIpc) is 3.13. The van der Waals surface area contributed by atoms with E-state index in [4.69, 9.17) is 0 Å². The van der Waals surface area contributed by atoms with Gasteiger partial charge in [0.2, 0.25) is 11.8 Å². The van der Waals surface area contributed by atoms with E-state index in [0.29, 0.717) is 6.54 Å². The quantitative estimate of drug-likeness (QED) is 0.846. The van der Waals surface area contributed by atoms with Crippen LogP contribution in [-0.4, -0.2) is 31.4 Å². The van der Waals surface area contributed by atoms with Gasteiger partial charge >= 0.3 is 0 Å². The highest BCUT2D eigenvalue weighted by Crippen LogP contribution is 2.32. The molecule has 0 bridgehead atoms. The molecule has 1 atom stereocenters. The number of carbonyl (C=O) groups excluding carboxylic acids is 2. The van der Waals surface area contributed by atoms with Gasteiger partial charge in [-0.3, -0.25) is 9.59 Å². The van der Waals surface area contributed by atoms with Crippen LogP contribution in [0.5, 0.6) is 0 Å².